The quantitative estimate of drug-likeness (QED) is 0.0150. The Morgan fingerprint density at radius 3 is 0.512 bits per heavy atom. The van der Waals surface area contributed by atoms with Gasteiger partial charge in [0.15, 0.2) is 0 Å². The van der Waals surface area contributed by atoms with E-state index in [1.165, 1.54) is 461 Å². The minimum Gasteiger partial charge on any atom is -0.744 e. The first-order chi connectivity index (χ1) is 62.6. The van der Waals surface area contributed by atoms with Crippen LogP contribution in [0.15, 0.2) is 94.8 Å². The molecule has 14 nitrogen and oxygen atoms in total. The predicted molar refractivity (Wildman–Crippen MR) is 544 cm³/mol. The third-order valence-electron chi connectivity index (χ3n) is 25.1. The summed E-state index contributed by atoms with van der Waals surface area (Å²) in [5.74, 6) is -3.77. The van der Waals surface area contributed by atoms with Crippen molar-refractivity contribution in [3.63, 3.8) is 0 Å². The first kappa shape index (κ1) is 125. The second-order valence-electron chi connectivity index (χ2n) is 37.0. The van der Waals surface area contributed by atoms with Crippen LogP contribution in [0.5, 0.6) is 0 Å². The van der Waals surface area contributed by atoms with Gasteiger partial charge in [-0.3, -0.25) is 0 Å². The first-order valence-electron chi connectivity index (χ1n) is 54.1. The Kier molecular flexibility index (Phi) is 93.3. The minimum atomic E-state index is -5.04. The molecule has 2 aromatic carbocycles. The summed E-state index contributed by atoms with van der Waals surface area (Å²) in [4.78, 5) is 50.5. The van der Waals surface area contributed by atoms with E-state index < -0.39 is 65.0 Å². The van der Waals surface area contributed by atoms with E-state index in [2.05, 4.69) is 52.0 Å². The Hall–Kier alpha value is -3.64. The minimum absolute atomic E-state index is 0. The van der Waals surface area contributed by atoms with E-state index in [4.69, 9.17) is 18.9 Å². The van der Waals surface area contributed by atoms with Crippen LogP contribution < -0.4 is 0 Å². The fourth-order valence-corrected chi connectivity index (χ4v) is 18.4. The van der Waals surface area contributed by atoms with E-state index in [9.17, 15) is 45.1 Å². The van der Waals surface area contributed by atoms with Crippen LogP contribution >= 0.6 is 0 Å². The number of carbonyl (C=O) groups excluding carboxylic acids is 4. The molecule has 0 bridgehead atoms. The Balaban J connectivity index is 0.00000252. The molecule has 0 aliphatic carbocycles. The molecule has 0 fully saturated rings. The zero-order chi connectivity index (χ0) is 92.9. The van der Waals surface area contributed by atoms with E-state index in [1.807, 2.05) is 24.3 Å². The Morgan fingerprint density at radius 2 is 0.357 bits per heavy atom. The summed E-state index contributed by atoms with van der Waals surface area (Å²) in [6, 6.07) is 7.17. The van der Waals surface area contributed by atoms with Gasteiger partial charge in [0.05, 0.1) is 58.5 Å². The van der Waals surface area contributed by atoms with Crippen molar-refractivity contribution in [1.82, 2.24) is 0 Å². The number of ether oxygens (including phenoxy) is 4. The Morgan fingerprint density at radius 1 is 0.217 bits per heavy atom. The molecular formula is C112H194CaO14S2. The van der Waals surface area contributed by atoms with Crippen molar-refractivity contribution in [2.45, 2.75) is 551 Å². The predicted octanol–water partition coefficient (Wildman–Crippen LogP) is 34.9. The smallest absolute Gasteiger partial charge is 0.744 e. The maximum absolute atomic E-state index is 13.1. The van der Waals surface area contributed by atoms with Crippen LogP contribution in [0.25, 0.3) is 0 Å². The summed E-state index contributed by atoms with van der Waals surface area (Å²) in [5, 5.41) is 0. The fourth-order valence-electron chi connectivity index (χ4n) is 17.0. The standard InChI is InChI=1S/2C56H98O7S.Ca/c2*1-3-5-7-9-11-13-15-17-19-21-23-25-27-29-31-33-35-37-39-41-43-45-50-62-55(57)52-48-47-49-53(64(59,60)61)54(52)56(58)63-51-46-44-42-40-38-36-34-32-30-28-26-24-22-20-18-16-14-12-10-8-6-4-2;/h2*41-44,47-49H,3-40,45-46,50-51H2,1-2H3,(H,59,60,61);/q;;+2/p-2/b2*43-41+,44-42+;. The molecule has 740 valence electrons. The number of carbonyl (C=O) groups is 4. The van der Waals surface area contributed by atoms with Crippen LogP contribution in [0.2, 0.25) is 0 Å². The average molecular weight is 1870 g/mol. The summed E-state index contributed by atoms with van der Waals surface area (Å²) in [6.07, 6.45) is 119. The summed E-state index contributed by atoms with van der Waals surface area (Å²) in [5.41, 5.74) is -1.69. The van der Waals surface area contributed by atoms with Crippen molar-refractivity contribution < 1.29 is 64.1 Å². The van der Waals surface area contributed by atoms with Gasteiger partial charge in [0.25, 0.3) is 0 Å². The van der Waals surface area contributed by atoms with Gasteiger partial charge in [0.1, 0.15) is 20.2 Å². The fraction of sp³-hybridized carbons (Fsp3) is 0.786. The van der Waals surface area contributed by atoms with Gasteiger partial charge in [-0.05, 0) is 101 Å². The summed E-state index contributed by atoms with van der Waals surface area (Å²) in [6.45, 7) is 9.25. The van der Waals surface area contributed by atoms with Gasteiger partial charge in [0.2, 0.25) is 0 Å². The molecule has 0 atom stereocenters. The molecule has 0 amide bonds. The van der Waals surface area contributed by atoms with Crippen molar-refractivity contribution in [2.24, 2.45) is 0 Å². The number of hydrogen-bond acceptors (Lipinski definition) is 14. The molecule has 129 heavy (non-hydrogen) atoms. The zero-order valence-electron chi connectivity index (χ0n) is 83.7. The van der Waals surface area contributed by atoms with E-state index in [-0.39, 0.29) is 75.3 Å². The molecule has 0 spiro atoms. The van der Waals surface area contributed by atoms with Crippen molar-refractivity contribution >= 4 is 81.9 Å². The largest absolute Gasteiger partial charge is 2.00 e. The molecule has 0 heterocycles. The maximum atomic E-state index is 13.1. The number of allylic oxidation sites excluding steroid dienone is 4. The first-order valence-corrected chi connectivity index (χ1v) is 56.9. The van der Waals surface area contributed by atoms with Crippen molar-refractivity contribution in [3.05, 3.63) is 107 Å². The van der Waals surface area contributed by atoms with Crippen molar-refractivity contribution in [1.29, 1.82) is 0 Å². The molecule has 0 aliphatic rings. The summed E-state index contributed by atoms with van der Waals surface area (Å²) in [7, 11) is -10.1. The van der Waals surface area contributed by atoms with Crippen LogP contribution in [0.1, 0.15) is 583 Å². The molecule has 2 rings (SSSR count). The van der Waals surface area contributed by atoms with E-state index in [1.54, 1.807) is 0 Å². The van der Waals surface area contributed by atoms with Gasteiger partial charge in [-0.25, -0.2) is 36.0 Å². The zero-order valence-corrected chi connectivity index (χ0v) is 87.6. The number of benzene rings is 2. The van der Waals surface area contributed by atoms with Crippen LogP contribution in [0.3, 0.4) is 0 Å². The van der Waals surface area contributed by atoms with Crippen LogP contribution in [-0.4, -0.2) is 114 Å². The number of hydrogen-bond donors (Lipinski definition) is 0. The normalized spacial score (nSPS) is 11.8. The summed E-state index contributed by atoms with van der Waals surface area (Å²) < 4.78 is 93.7. The van der Waals surface area contributed by atoms with Gasteiger partial charge >= 0.3 is 61.6 Å². The van der Waals surface area contributed by atoms with Gasteiger partial charge in [0, 0.05) is 0 Å². The summed E-state index contributed by atoms with van der Waals surface area (Å²) >= 11 is 0. The Labute approximate surface area is 824 Å². The Bertz CT molecular complexity index is 3020. The molecule has 0 aromatic heterocycles. The second kappa shape index (κ2) is 96.1. The number of unbranched alkanes of at least 4 members (excludes halogenated alkanes) is 72. The van der Waals surface area contributed by atoms with E-state index in [0.717, 1.165) is 63.5 Å². The third-order valence-corrected chi connectivity index (χ3v) is 26.8. The third kappa shape index (κ3) is 80.2. The molecule has 0 saturated heterocycles. The molecule has 0 radical (unpaired) electrons. The molecule has 0 N–H and O–H groups in total. The SMILES string of the molecule is CCCCCCCCCCCCCCCCCCCC/C=C/CCOC(=O)c1cccc(S(=O)(=O)[O-])c1C(=O)OCC/C=C/CCCCCCCCCCCCCCCCCCCC.CCCCCCCCCCCCCCCCCCCC/C=C/CCOC(=O)c1cccc(S(=O)(=O)[O-])c1C(=O)OCC/C=C/CCCCCCCCCCCCCCCCCCCC.[Ca+2]. The molecule has 0 aliphatic heterocycles. The van der Waals surface area contributed by atoms with Crippen molar-refractivity contribution in [3.8, 4) is 0 Å². The second-order valence-corrected chi connectivity index (χ2v) is 39.7. The molecule has 2 aromatic rings. The van der Waals surface area contributed by atoms with E-state index in [0.29, 0.717) is 25.7 Å². The number of esters is 4. The van der Waals surface area contributed by atoms with Crippen LogP contribution in [-0.2, 0) is 39.2 Å². The van der Waals surface area contributed by atoms with Crippen LogP contribution in [0.4, 0.5) is 0 Å². The molecule has 0 saturated carbocycles. The molecule has 0 unspecified atom stereocenters. The maximum Gasteiger partial charge on any atom is 2.00 e. The van der Waals surface area contributed by atoms with Crippen molar-refractivity contribution in [2.75, 3.05) is 26.4 Å². The van der Waals surface area contributed by atoms with Gasteiger partial charge in [-0.2, -0.15) is 0 Å². The topological polar surface area (TPSA) is 220 Å². The van der Waals surface area contributed by atoms with Gasteiger partial charge in [-0.15, -0.1) is 0 Å². The monoisotopic (exact) mass is 1870 g/mol. The van der Waals surface area contributed by atoms with E-state index >= 15 is 0 Å². The van der Waals surface area contributed by atoms with Crippen LogP contribution in [0, 0.1) is 0 Å². The average Bonchev–Trinajstić information content (AvgIpc) is 0.794. The van der Waals surface area contributed by atoms with Gasteiger partial charge < -0.3 is 28.1 Å². The van der Waals surface area contributed by atoms with Gasteiger partial charge in [-0.1, -0.05) is 525 Å². The molecule has 17 heteroatoms. The molecular weight excluding hydrogens is 1670 g/mol. The number of rotatable bonds is 94.